The van der Waals surface area contributed by atoms with Crippen LogP contribution in [0.5, 0.6) is 0 Å². The number of ether oxygens (including phenoxy) is 33. The zero-order valence-electron chi connectivity index (χ0n) is 58.2. The third-order valence-corrected chi connectivity index (χ3v) is 18.8. The number of hydrogen-bond donors (Lipinski definition) is 0. The topological polar surface area (TPSA) is 339 Å². The Labute approximate surface area is 560 Å². The molecule has 0 N–H and O–H groups in total. The molecule has 0 aliphatic carbocycles. The Morgan fingerprint density at radius 2 is 0.344 bits per heavy atom. The van der Waals surface area contributed by atoms with Crippen molar-refractivity contribution in [1.29, 1.82) is 0 Å². The van der Waals surface area contributed by atoms with Crippen LogP contribution in [0.3, 0.4) is 0 Å². The molecular weight excluding hydrogens is 1290 g/mol. The second kappa shape index (κ2) is 38.5. The van der Waals surface area contributed by atoms with Gasteiger partial charge in [0.1, 0.15) is 171 Å². The number of carbonyl (C=O) groups is 2. The third kappa shape index (κ3) is 16.8. The van der Waals surface area contributed by atoms with Crippen molar-refractivity contribution >= 4 is 12.6 Å². The minimum atomic E-state index is -1.43. The molecule has 0 unspecified atom stereocenters. The van der Waals surface area contributed by atoms with E-state index in [2.05, 4.69) is 0 Å². The zero-order chi connectivity index (χ0) is 69.5. The summed E-state index contributed by atoms with van der Waals surface area (Å²) in [6, 6.07) is 0. The van der Waals surface area contributed by atoms with Crippen LogP contribution in [-0.2, 0) is 166 Å². The molecule has 21 aliphatic heterocycles. The minimum Gasteiger partial charge on any atom is -0.382 e. The van der Waals surface area contributed by atoms with Crippen LogP contribution >= 0.6 is 0 Å². The molecule has 558 valence electrons. The van der Waals surface area contributed by atoms with Gasteiger partial charge in [-0.2, -0.15) is 0 Å². The predicted octanol–water partition coefficient (Wildman–Crippen LogP) is -2.39. The molecule has 0 aromatic rings. The molecule has 35 nitrogen and oxygen atoms in total. The monoisotopic (exact) mass is 1400 g/mol. The summed E-state index contributed by atoms with van der Waals surface area (Å²) < 4.78 is 211. The second-order valence-electron chi connectivity index (χ2n) is 23.7. The fourth-order valence-electron chi connectivity index (χ4n) is 14.4. The highest BCUT2D eigenvalue weighted by atomic mass is 16.8. The first-order chi connectivity index (χ1) is 46.7. The molecule has 21 heterocycles. The summed E-state index contributed by atoms with van der Waals surface area (Å²) in [7, 11) is 27.6. The molecule has 0 amide bonds. The van der Waals surface area contributed by atoms with Crippen LogP contribution in [-0.4, -0.2) is 396 Å². The van der Waals surface area contributed by atoms with Gasteiger partial charge in [-0.25, -0.2) is 0 Å². The van der Waals surface area contributed by atoms with Crippen molar-refractivity contribution in [1.82, 2.24) is 0 Å². The predicted molar refractivity (Wildman–Crippen MR) is 317 cm³/mol. The molecule has 0 radical (unpaired) electrons. The van der Waals surface area contributed by atoms with Gasteiger partial charge in [0.15, 0.2) is 56.6 Å². The summed E-state index contributed by atoms with van der Waals surface area (Å²) in [5.74, 6) is 0. The SMILES string of the molecule is COC[C@H]1O[C@@H]2O[C@H]3[C@H](OC)[C@@H](OC)[C@@H](O[C@H]4[C@H](OC)[C@@H](OC)[C@@H](O[C@H]5[C@H](OC)[C@@H](OC)[C@@H](O[C@H]6[C@H](OC)[C@@H](OC)[C@@H](O[C@H]7[C@H](OC)[C@@H](OC)[C@@H](O[C@H]8[C@@H](OC)[C@H](OC)[C@@H](O[C@H]1[C@H](OC)[C@@H]2OC)O[C@@H]8COC)O[C@@H]7COC)O[C@@H]6COC)O[C@@H]5C=O)O[C@@H]4COC)O[C@@H]3C=O. The molecule has 21 aliphatic rings. The maximum absolute atomic E-state index is 13.5. The first-order valence-electron chi connectivity index (χ1n) is 31.6. The highest BCUT2D eigenvalue weighted by Gasteiger charge is 2.62. The summed E-state index contributed by atoms with van der Waals surface area (Å²) in [6.07, 6.45) is -38.9. The van der Waals surface area contributed by atoms with Gasteiger partial charge in [-0.05, 0) is 0 Å². The van der Waals surface area contributed by atoms with Crippen LogP contribution in [0.15, 0.2) is 0 Å². The Kier molecular flexibility index (Phi) is 32.0. The van der Waals surface area contributed by atoms with Gasteiger partial charge in [0.2, 0.25) is 0 Å². The fraction of sp³-hybridized carbons (Fsp3) is 0.967. The number of aldehydes is 2. The van der Waals surface area contributed by atoms with Gasteiger partial charge >= 0.3 is 0 Å². The summed E-state index contributed by atoms with van der Waals surface area (Å²) in [5.41, 5.74) is 0. The standard InChI is InChI=1S/C61H104O35/c1-64-22-29-36-43(71-8)50(78-15)57(85-29)90-34-27(20-62)84-56(49(77-14)41(34)69-6)93-37-30(23-65-2)87-59(52(80-17)44(37)72-9)95-39-32(25-67-4)89-61(54(82-19)46(39)74-11)96-40-33(26-68-5)88-60(53(81-18)47(40)75-12)94-38-31(24-66-3)86-58(51(79-16)45(38)73-10)91-35-28(21-63)83-55(92-36)48(76-13)42(35)70-7/h20-21,27-61H,22-26H2,1-19H3/t27-,28-,29-,30-,31-,32-,33-,34-,35-,36-,37-,38-,39-,40-,41+,42+,43+,44+,45+,46+,47-,48-,49-,50-,51+,52-,53+,54-,55-,56-,57-,58-,59-,60-,61-/m1/s1. The minimum absolute atomic E-state index is 0.0667. The van der Waals surface area contributed by atoms with Crippen LogP contribution < -0.4 is 0 Å². The van der Waals surface area contributed by atoms with Gasteiger partial charge in [0.05, 0.1) is 33.0 Å². The maximum Gasteiger partial charge on any atom is 0.187 e. The van der Waals surface area contributed by atoms with Gasteiger partial charge in [0, 0.05) is 135 Å². The van der Waals surface area contributed by atoms with E-state index in [-0.39, 0.29) is 33.0 Å². The largest absolute Gasteiger partial charge is 0.382 e. The molecule has 21 fully saturated rings. The van der Waals surface area contributed by atoms with Crippen LogP contribution in [0.25, 0.3) is 0 Å². The summed E-state index contributed by atoms with van der Waals surface area (Å²) in [5, 5.41) is 0. The summed E-state index contributed by atoms with van der Waals surface area (Å²) in [4.78, 5) is 26.9. The van der Waals surface area contributed by atoms with Crippen LogP contribution in [0.4, 0.5) is 0 Å². The highest BCUT2D eigenvalue weighted by Crippen LogP contribution is 2.43. The van der Waals surface area contributed by atoms with E-state index in [4.69, 9.17) is 156 Å². The van der Waals surface area contributed by atoms with Crippen molar-refractivity contribution in [3.8, 4) is 0 Å². The van der Waals surface area contributed by atoms with Crippen molar-refractivity contribution < 1.29 is 166 Å². The lowest BCUT2D eigenvalue weighted by Gasteiger charge is -2.52. The lowest BCUT2D eigenvalue weighted by atomic mass is 9.94. The normalized spacial score (nSPS) is 46.7. The quantitative estimate of drug-likeness (QED) is 0.0816. The summed E-state index contributed by atoms with van der Waals surface area (Å²) >= 11 is 0. The molecular formula is C61H104O35. The number of hydrogen-bond acceptors (Lipinski definition) is 35. The van der Waals surface area contributed by atoms with Gasteiger partial charge < -0.3 is 166 Å². The van der Waals surface area contributed by atoms with E-state index in [0.717, 1.165) is 0 Å². The van der Waals surface area contributed by atoms with Gasteiger partial charge in [-0.15, -0.1) is 0 Å². The number of methoxy groups -OCH3 is 19. The lowest BCUT2D eigenvalue weighted by Crippen LogP contribution is -2.69. The van der Waals surface area contributed by atoms with Crippen molar-refractivity contribution in [3.63, 3.8) is 0 Å². The lowest BCUT2D eigenvalue weighted by molar-refractivity contribution is -0.401. The average Bonchev–Trinajstić information content (AvgIpc) is 0.772. The van der Waals surface area contributed by atoms with Crippen molar-refractivity contribution in [2.45, 2.75) is 215 Å². The van der Waals surface area contributed by atoms with E-state index in [1.165, 1.54) is 135 Å². The average molecular weight is 1400 g/mol. The second-order valence-corrected chi connectivity index (χ2v) is 23.7. The van der Waals surface area contributed by atoms with Crippen LogP contribution in [0.1, 0.15) is 0 Å². The Hall–Kier alpha value is -1.98. The molecule has 0 aromatic carbocycles. The highest BCUT2D eigenvalue weighted by molar-refractivity contribution is 5.58. The number of rotatable bonds is 26. The fourth-order valence-corrected chi connectivity index (χ4v) is 14.4. The number of carbonyl (C=O) groups excluding carboxylic acids is 2. The molecule has 21 rings (SSSR count). The molecule has 0 aromatic heterocycles. The zero-order valence-corrected chi connectivity index (χ0v) is 58.2. The Morgan fingerprint density at radius 1 is 0.198 bits per heavy atom. The van der Waals surface area contributed by atoms with Crippen molar-refractivity contribution in [2.24, 2.45) is 0 Å². The van der Waals surface area contributed by atoms with Crippen molar-refractivity contribution in [3.05, 3.63) is 0 Å². The van der Waals surface area contributed by atoms with Crippen LogP contribution in [0.2, 0.25) is 0 Å². The molecule has 35 heteroatoms. The first kappa shape index (κ1) is 79.7. The van der Waals surface area contributed by atoms with Crippen molar-refractivity contribution in [2.75, 3.05) is 168 Å². The van der Waals surface area contributed by atoms with E-state index in [1.807, 2.05) is 0 Å². The van der Waals surface area contributed by atoms with Gasteiger partial charge in [-0.3, -0.25) is 0 Å². The van der Waals surface area contributed by atoms with E-state index in [9.17, 15) is 9.59 Å². The molecule has 21 saturated heterocycles. The van der Waals surface area contributed by atoms with E-state index in [1.54, 1.807) is 0 Å². The van der Waals surface area contributed by atoms with E-state index in [0.29, 0.717) is 12.6 Å². The molecule has 35 atom stereocenters. The smallest absolute Gasteiger partial charge is 0.187 e. The Bertz CT molecular complexity index is 2220. The Balaban J connectivity index is 1.22. The molecule has 96 heavy (non-hydrogen) atoms. The third-order valence-electron chi connectivity index (χ3n) is 18.8. The van der Waals surface area contributed by atoms with E-state index >= 15 is 0 Å². The maximum atomic E-state index is 13.5. The molecule has 0 spiro atoms. The van der Waals surface area contributed by atoms with Gasteiger partial charge in [-0.1, -0.05) is 0 Å². The molecule has 0 saturated carbocycles. The first-order valence-corrected chi connectivity index (χ1v) is 31.6. The summed E-state index contributed by atoms with van der Waals surface area (Å²) in [6.45, 7) is -0.452. The van der Waals surface area contributed by atoms with Gasteiger partial charge in [0.25, 0.3) is 0 Å². The van der Waals surface area contributed by atoms with E-state index < -0.39 is 215 Å². The van der Waals surface area contributed by atoms with Crippen LogP contribution in [0, 0.1) is 0 Å². The Morgan fingerprint density at radius 3 is 0.490 bits per heavy atom. The molecule has 14 bridgehead atoms.